The van der Waals surface area contributed by atoms with Gasteiger partial charge in [-0.05, 0) is 80.4 Å². The highest BCUT2D eigenvalue weighted by molar-refractivity contribution is 7.99. The Morgan fingerprint density at radius 3 is 2.96 bits per heavy atom. The Morgan fingerprint density at radius 2 is 2.14 bits per heavy atom. The van der Waals surface area contributed by atoms with E-state index in [2.05, 4.69) is 28.4 Å². The van der Waals surface area contributed by atoms with Crippen LogP contribution in [0.3, 0.4) is 0 Å². The fourth-order valence-corrected chi connectivity index (χ4v) is 6.31. The molecule has 2 aromatic rings. The summed E-state index contributed by atoms with van der Waals surface area (Å²) < 4.78 is 5.81. The van der Waals surface area contributed by atoms with Crippen LogP contribution in [0, 0.1) is 0 Å². The van der Waals surface area contributed by atoms with Gasteiger partial charge in [-0.2, -0.15) is 0 Å². The second kappa shape index (κ2) is 7.47. The summed E-state index contributed by atoms with van der Waals surface area (Å²) in [5.74, 6) is 2.61. The molecule has 1 N–H and O–H groups in total. The van der Waals surface area contributed by atoms with Gasteiger partial charge in [0, 0.05) is 35.5 Å². The quantitative estimate of drug-likeness (QED) is 0.711. The molecule has 1 saturated heterocycles. The first-order valence-corrected chi connectivity index (χ1v) is 11.7. The van der Waals surface area contributed by atoms with Gasteiger partial charge < -0.3 is 15.0 Å². The summed E-state index contributed by atoms with van der Waals surface area (Å²) in [7, 11) is 0. The minimum Gasteiger partial charge on any atom is -0.491 e. The second-order valence-corrected chi connectivity index (χ2v) is 9.83. The summed E-state index contributed by atoms with van der Waals surface area (Å²) in [5, 5.41) is 4.38. The molecule has 148 valence electrons. The summed E-state index contributed by atoms with van der Waals surface area (Å²) in [6.07, 6.45) is 2.64. The number of hydrogen-bond acceptors (Lipinski definition) is 4. The number of anilines is 1. The molecule has 28 heavy (non-hydrogen) atoms. The summed E-state index contributed by atoms with van der Waals surface area (Å²) >= 11 is 8.71. The van der Waals surface area contributed by atoms with Gasteiger partial charge in [0.05, 0.1) is 16.8 Å². The zero-order valence-electron chi connectivity index (χ0n) is 16.5. The third-order valence-electron chi connectivity index (χ3n) is 6.06. The molecule has 0 spiro atoms. The van der Waals surface area contributed by atoms with Crippen molar-refractivity contribution in [1.82, 2.24) is 5.32 Å². The molecule has 3 aliphatic heterocycles. The predicted octanol–water partition coefficient (Wildman–Crippen LogP) is 5.56. The summed E-state index contributed by atoms with van der Waals surface area (Å²) in [5.41, 5.74) is 5.34. The number of fused-ring (bicyclic) bond motifs is 3. The average Bonchev–Trinajstić information content (AvgIpc) is 2.83. The van der Waals surface area contributed by atoms with Crippen molar-refractivity contribution in [3.05, 3.63) is 40.9 Å². The summed E-state index contributed by atoms with van der Waals surface area (Å²) in [4.78, 5) is 4.14. The van der Waals surface area contributed by atoms with Gasteiger partial charge in [0.1, 0.15) is 5.75 Å². The van der Waals surface area contributed by atoms with E-state index in [-0.39, 0.29) is 6.10 Å². The lowest BCUT2D eigenvalue weighted by Crippen LogP contribution is -2.44. The van der Waals surface area contributed by atoms with Gasteiger partial charge in [-0.15, -0.1) is 11.8 Å². The largest absolute Gasteiger partial charge is 0.491 e. The van der Waals surface area contributed by atoms with Gasteiger partial charge in [0.2, 0.25) is 0 Å². The number of rotatable bonds is 3. The number of benzene rings is 2. The second-order valence-electron chi connectivity index (χ2n) is 8.28. The van der Waals surface area contributed by atoms with Gasteiger partial charge in [0.15, 0.2) is 0 Å². The van der Waals surface area contributed by atoms with Gasteiger partial charge >= 0.3 is 0 Å². The van der Waals surface area contributed by atoms with Crippen LogP contribution in [0.2, 0.25) is 5.02 Å². The lowest BCUT2D eigenvalue weighted by molar-refractivity contribution is 0.242. The van der Waals surface area contributed by atoms with E-state index in [9.17, 15) is 0 Å². The first-order valence-electron chi connectivity index (χ1n) is 10.4. The van der Waals surface area contributed by atoms with Crippen LogP contribution in [0.15, 0.2) is 35.2 Å². The van der Waals surface area contributed by atoms with E-state index >= 15 is 0 Å². The Bertz CT molecular complexity index is 900. The molecule has 1 fully saturated rings. The predicted molar refractivity (Wildman–Crippen MR) is 119 cm³/mol. The molecule has 0 bridgehead atoms. The van der Waals surface area contributed by atoms with Crippen molar-refractivity contribution in [3.63, 3.8) is 0 Å². The lowest BCUT2D eigenvalue weighted by Gasteiger charge is -2.33. The van der Waals surface area contributed by atoms with Gasteiger partial charge in [0.25, 0.3) is 0 Å². The fraction of sp³-hybridized carbons (Fsp3) is 0.478. The van der Waals surface area contributed by atoms with Crippen molar-refractivity contribution in [2.45, 2.75) is 49.6 Å². The normalized spacial score (nSPS) is 23.4. The van der Waals surface area contributed by atoms with E-state index in [4.69, 9.17) is 16.3 Å². The molecule has 5 heteroatoms. The molecule has 2 atom stereocenters. The Labute approximate surface area is 176 Å². The molecule has 3 nitrogen and oxygen atoms in total. The van der Waals surface area contributed by atoms with Crippen LogP contribution in [-0.2, 0) is 0 Å². The maximum Gasteiger partial charge on any atom is 0.121 e. The van der Waals surface area contributed by atoms with Crippen LogP contribution in [0.25, 0.3) is 11.1 Å². The number of hydrogen-bond donors (Lipinski definition) is 1. The first-order chi connectivity index (χ1) is 13.6. The van der Waals surface area contributed by atoms with Crippen molar-refractivity contribution in [2.24, 2.45) is 0 Å². The molecule has 0 radical (unpaired) electrons. The van der Waals surface area contributed by atoms with E-state index in [0.29, 0.717) is 12.0 Å². The Balaban J connectivity index is 1.59. The number of thioether (sulfide) groups is 1. The fourth-order valence-electron chi connectivity index (χ4n) is 4.96. The average molecular weight is 415 g/mol. The first kappa shape index (κ1) is 18.7. The molecule has 0 aliphatic carbocycles. The lowest BCUT2D eigenvalue weighted by atomic mass is 9.88. The standard InChI is InChI=1S/C23H27ClN2OS/c1-14(2)27-16-4-5-17(20(24)12-16)15-10-18-19-13-25-7-6-21(19)26-8-3-9-28-22(11-15)23(18)26/h4-5,10-12,14,19,21,25H,3,6-9,13H2,1-2H3/t19-,21-/m0/s1. The van der Waals surface area contributed by atoms with E-state index in [0.717, 1.165) is 29.4 Å². The summed E-state index contributed by atoms with van der Waals surface area (Å²) in [6.45, 7) is 7.47. The number of piperidine rings is 1. The minimum atomic E-state index is 0.147. The number of ether oxygens (including phenoxy) is 1. The maximum absolute atomic E-state index is 6.70. The van der Waals surface area contributed by atoms with Crippen LogP contribution in [0.5, 0.6) is 5.75 Å². The minimum absolute atomic E-state index is 0.147. The molecule has 0 unspecified atom stereocenters. The molecular formula is C23H27ClN2OS. The Hall–Kier alpha value is -1.36. The van der Waals surface area contributed by atoms with Crippen LogP contribution >= 0.6 is 23.4 Å². The Morgan fingerprint density at radius 1 is 1.25 bits per heavy atom. The number of halogens is 1. The molecule has 0 aromatic heterocycles. The molecule has 2 aromatic carbocycles. The zero-order valence-corrected chi connectivity index (χ0v) is 18.1. The number of nitrogens with one attached hydrogen (secondary N) is 1. The molecule has 0 saturated carbocycles. The van der Waals surface area contributed by atoms with E-state index in [1.807, 2.05) is 37.7 Å². The highest BCUT2D eigenvalue weighted by atomic mass is 35.5. The van der Waals surface area contributed by atoms with Crippen LogP contribution in [0.1, 0.15) is 38.2 Å². The topological polar surface area (TPSA) is 24.5 Å². The van der Waals surface area contributed by atoms with Crippen molar-refractivity contribution in [2.75, 3.05) is 30.3 Å². The highest BCUT2D eigenvalue weighted by Crippen LogP contribution is 2.51. The van der Waals surface area contributed by atoms with Crippen LogP contribution < -0.4 is 15.0 Å². The van der Waals surface area contributed by atoms with Crippen molar-refractivity contribution in [1.29, 1.82) is 0 Å². The maximum atomic E-state index is 6.70. The third-order valence-corrected chi connectivity index (χ3v) is 7.49. The van der Waals surface area contributed by atoms with E-state index in [1.165, 1.54) is 46.8 Å². The van der Waals surface area contributed by atoms with Crippen molar-refractivity contribution >= 4 is 29.1 Å². The monoisotopic (exact) mass is 414 g/mol. The van der Waals surface area contributed by atoms with Crippen molar-refractivity contribution < 1.29 is 4.74 Å². The summed E-state index contributed by atoms with van der Waals surface area (Å²) in [6, 6.07) is 11.5. The Kier molecular flexibility index (Phi) is 4.98. The molecular weight excluding hydrogens is 388 g/mol. The third kappa shape index (κ3) is 3.20. The number of nitrogens with zero attached hydrogens (tertiary/aromatic N) is 1. The molecule has 5 rings (SSSR count). The van der Waals surface area contributed by atoms with Crippen LogP contribution in [0.4, 0.5) is 5.69 Å². The zero-order chi connectivity index (χ0) is 19.3. The van der Waals surface area contributed by atoms with Crippen molar-refractivity contribution in [3.8, 4) is 16.9 Å². The van der Waals surface area contributed by atoms with E-state index in [1.54, 1.807) is 0 Å². The van der Waals surface area contributed by atoms with Gasteiger partial charge in [-0.25, -0.2) is 0 Å². The smallest absolute Gasteiger partial charge is 0.121 e. The van der Waals surface area contributed by atoms with Gasteiger partial charge in [-0.3, -0.25) is 0 Å². The van der Waals surface area contributed by atoms with Gasteiger partial charge in [-0.1, -0.05) is 11.6 Å². The molecule has 3 aliphatic rings. The SMILES string of the molecule is CC(C)Oc1ccc(-c2cc3c4c(c2)[C@@H]2CNCC[C@@H]2N4CCCS3)c(Cl)c1. The molecule has 3 heterocycles. The molecule has 0 amide bonds. The van der Waals surface area contributed by atoms with E-state index < -0.39 is 0 Å². The highest BCUT2D eigenvalue weighted by Gasteiger charge is 2.41. The van der Waals surface area contributed by atoms with Crippen LogP contribution in [-0.4, -0.2) is 37.5 Å².